The van der Waals surface area contributed by atoms with Gasteiger partial charge in [0.25, 0.3) is 0 Å². The summed E-state index contributed by atoms with van der Waals surface area (Å²) in [6.07, 6.45) is 3.01. The maximum atomic E-state index is 5.62. The standard InChI is InChI=1S/C17H21N5O2/c1-23-16-8-13(17-19-11-18-12-20-17)2-3-15(16)22-6-4-21(5-7-22)14-9-24-10-14/h2-3,8,11-12,14H,4-7,9-10H2,1H3. The van der Waals surface area contributed by atoms with Gasteiger partial charge < -0.3 is 14.4 Å². The molecule has 24 heavy (non-hydrogen) atoms. The van der Waals surface area contributed by atoms with Crippen LogP contribution >= 0.6 is 0 Å². The Morgan fingerprint density at radius 2 is 1.83 bits per heavy atom. The van der Waals surface area contributed by atoms with Gasteiger partial charge in [0, 0.05) is 31.7 Å². The van der Waals surface area contributed by atoms with Crippen molar-refractivity contribution in [2.24, 2.45) is 0 Å². The third kappa shape index (κ3) is 2.92. The van der Waals surface area contributed by atoms with Crippen molar-refractivity contribution in [1.82, 2.24) is 19.9 Å². The van der Waals surface area contributed by atoms with E-state index in [-0.39, 0.29) is 0 Å². The summed E-state index contributed by atoms with van der Waals surface area (Å²) in [5.41, 5.74) is 2.06. The highest BCUT2D eigenvalue weighted by molar-refractivity contribution is 5.68. The van der Waals surface area contributed by atoms with Crippen LogP contribution in [-0.2, 0) is 4.74 Å². The first-order valence-corrected chi connectivity index (χ1v) is 8.22. The van der Waals surface area contributed by atoms with Crippen LogP contribution in [0.4, 0.5) is 5.69 Å². The summed E-state index contributed by atoms with van der Waals surface area (Å²) < 4.78 is 10.9. The second kappa shape index (κ2) is 6.70. The van der Waals surface area contributed by atoms with Crippen molar-refractivity contribution in [2.45, 2.75) is 6.04 Å². The van der Waals surface area contributed by atoms with Crippen molar-refractivity contribution in [3.05, 3.63) is 30.9 Å². The van der Waals surface area contributed by atoms with Gasteiger partial charge >= 0.3 is 0 Å². The Kier molecular flexibility index (Phi) is 4.27. The molecule has 0 atom stereocenters. The molecule has 7 nitrogen and oxygen atoms in total. The number of piperazine rings is 1. The Labute approximate surface area is 141 Å². The second-order valence-corrected chi connectivity index (χ2v) is 6.06. The number of anilines is 1. The minimum Gasteiger partial charge on any atom is -0.495 e. The van der Waals surface area contributed by atoms with Crippen LogP contribution < -0.4 is 9.64 Å². The fourth-order valence-electron chi connectivity index (χ4n) is 3.23. The third-order valence-electron chi connectivity index (χ3n) is 4.72. The van der Waals surface area contributed by atoms with E-state index in [1.165, 1.54) is 12.7 Å². The predicted octanol–water partition coefficient (Wildman–Crippen LogP) is 1.07. The minimum atomic E-state index is 0.611. The van der Waals surface area contributed by atoms with Gasteiger partial charge in [-0.3, -0.25) is 4.90 Å². The van der Waals surface area contributed by atoms with Gasteiger partial charge in [0.1, 0.15) is 18.4 Å². The van der Waals surface area contributed by atoms with E-state index in [0.717, 1.165) is 56.4 Å². The van der Waals surface area contributed by atoms with Crippen LogP contribution in [0.25, 0.3) is 11.4 Å². The monoisotopic (exact) mass is 327 g/mol. The van der Waals surface area contributed by atoms with E-state index in [0.29, 0.717) is 11.9 Å². The lowest BCUT2D eigenvalue weighted by molar-refractivity contribution is -0.0660. The van der Waals surface area contributed by atoms with Gasteiger partial charge in [0.2, 0.25) is 0 Å². The van der Waals surface area contributed by atoms with Crippen molar-refractivity contribution in [3.8, 4) is 17.1 Å². The second-order valence-electron chi connectivity index (χ2n) is 6.06. The largest absolute Gasteiger partial charge is 0.495 e. The van der Waals surface area contributed by atoms with Gasteiger partial charge in [-0.2, -0.15) is 0 Å². The molecule has 0 saturated carbocycles. The average Bonchev–Trinajstić information content (AvgIpc) is 2.61. The molecule has 2 saturated heterocycles. The SMILES string of the molecule is COc1cc(-c2ncncn2)ccc1N1CCN(C2COC2)CC1. The highest BCUT2D eigenvalue weighted by Crippen LogP contribution is 2.33. The Bertz CT molecular complexity index is 685. The number of ether oxygens (including phenoxy) is 2. The van der Waals surface area contributed by atoms with Gasteiger partial charge in [-0.1, -0.05) is 0 Å². The van der Waals surface area contributed by atoms with E-state index in [1.54, 1.807) is 7.11 Å². The summed E-state index contributed by atoms with van der Waals surface area (Å²) >= 11 is 0. The Morgan fingerprint density at radius 3 is 2.46 bits per heavy atom. The third-order valence-corrected chi connectivity index (χ3v) is 4.72. The molecule has 3 heterocycles. The first-order valence-electron chi connectivity index (χ1n) is 8.22. The lowest BCUT2D eigenvalue weighted by Gasteiger charge is -2.43. The van der Waals surface area contributed by atoms with Gasteiger partial charge in [-0.05, 0) is 18.2 Å². The minimum absolute atomic E-state index is 0.611. The molecule has 0 bridgehead atoms. The molecule has 2 aliphatic rings. The van der Waals surface area contributed by atoms with Gasteiger partial charge in [-0.25, -0.2) is 15.0 Å². The van der Waals surface area contributed by atoms with E-state index in [2.05, 4.69) is 30.8 Å². The molecule has 7 heteroatoms. The summed E-state index contributed by atoms with van der Waals surface area (Å²) in [6, 6.07) is 6.75. The Balaban J connectivity index is 1.51. The van der Waals surface area contributed by atoms with Gasteiger partial charge in [0.15, 0.2) is 5.82 Å². The number of rotatable bonds is 4. The maximum Gasteiger partial charge on any atom is 0.162 e. The zero-order valence-corrected chi connectivity index (χ0v) is 13.8. The Morgan fingerprint density at radius 1 is 1.08 bits per heavy atom. The van der Waals surface area contributed by atoms with Crippen LogP contribution in [0, 0.1) is 0 Å². The molecule has 2 aliphatic heterocycles. The lowest BCUT2D eigenvalue weighted by atomic mass is 10.1. The molecule has 0 N–H and O–H groups in total. The van der Waals surface area contributed by atoms with Crippen LogP contribution in [0.3, 0.4) is 0 Å². The van der Waals surface area contributed by atoms with E-state index < -0.39 is 0 Å². The average molecular weight is 327 g/mol. The quantitative estimate of drug-likeness (QED) is 0.832. The fourth-order valence-corrected chi connectivity index (χ4v) is 3.23. The normalized spacial score (nSPS) is 19.1. The zero-order chi connectivity index (χ0) is 16.4. The van der Waals surface area contributed by atoms with Gasteiger partial charge in [-0.15, -0.1) is 0 Å². The molecule has 2 fully saturated rings. The molecule has 1 aromatic heterocycles. The van der Waals surface area contributed by atoms with E-state index in [1.807, 2.05) is 12.1 Å². The highest BCUT2D eigenvalue weighted by atomic mass is 16.5. The lowest BCUT2D eigenvalue weighted by Crippen LogP contribution is -2.56. The molecular formula is C17H21N5O2. The van der Waals surface area contributed by atoms with Crippen molar-refractivity contribution >= 4 is 5.69 Å². The van der Waals surface area contributed by atoms with Gasteiger partial charge in [0.05, 0.1) is 32.1 Å². The Hall–Kier alpha value is -2.25. The van der Waals surface area contributed by atoms with Crippen LogP contribution in [0.15, 0.2) is 30.9 Å². The first kappa shape index (κ1) is 15.3. The van der Waals surface area contributed by atoms with Crippen LogP contribution in [0.5, 0.6) is 5.75 Å². The van der Waals surface area contributed by atoms with Crippen molar-refractivity contribution < 1.29 is 9.47 Å². The summed E-state index contributed by atoms with van der Waals surface area (Å²) in [4.78, 5) is 17.2. The summed E-state index contributed by atoms with van der Waals surface area (Å²) in [6.45, 7) is 5.88. The summed E-state index contributed by atoms with van der Waals surface area (Å²) in [5, 5.41) is 0. The van der Waals surface area contributed by atoms with Crippen LogP contribution in [0.2, 0.25) is 0 Å². The molecule has 4 rings (SSSR count). The van der Waals surface area contributed by atoms with Crippen LogP contribution in [-0.4, -0.2) is 72.4 Å². The zero-order valence-electron chi connectivity index (χ0n) is 13.8. The smallest absolute Gasteiger partial charge is 0.162 e. The number of hydrogen-bond donors (Lipinski definition) is 0. The summed E-state index contributed by atoms with van der Waals surface area (Å²) in [5.74, 6) is 1.51. The molecule has 0 radical (unpaired) electrons. The number of hydrogen-bond acceptors (Lipinski definition) is 7. The van der Waals surface area contributed by atoms with Crippen molar-refractivity contribution in [2.75, 3.05) is 51.4 Å². The first-order chi connectivity index (χ1) is 11.8. The topological polar surface area (TPSA) is 63.6 Å². The molecule has 1 aromatic carbocycles. The molecule has 0 aliphatic carbocycles. The maximum absolute atomic E-state index is 5.62. The predicted molar refractivity (Wildman–Crippen MR) is 90.2 cm³/mol. The highest BCUT2D eigenvalue weighted by Gasteiger charge is 2.29. The number of benzene rings is 1. The number of aromatic nitrogens is 3. The van der Waals surface area contributed by atoms with E-state index in [4.69, 9.17) is 9.47 Å². The van der Waals surface area contributed by atoms with E-state index >= 15 is 0 Å². The summed E-state index contributed by atoms with van der Waals surface area (Å²) in [7, 11) is 1.71. The molecule has 0 unspecified atom stereocenters. The molecule has 2 aromatic rings. The van der Waals surface area contributed by atoms with Crippen LogP contribution in [0.1, 0.15) is 0 Å². The molecule has 126 valence electrons. The molecular weight excluding hydrogens is 306 g/mol. The molecule has 0 amide bonds. The number of methoxy groups -OCH3 is 1. The van der Waals surface area contributed by atoms with Crippen molar-refractivity contribution in [1.29, 1.82) is 0 Å². The van der Waals surface area contributed by atoms with E-state index in [9.17, 15) is 0 Å². The fraction of sp³-hybridized carbons (Fsp3) is 0.471. The van der Waals surface area contributed by atoms with Crippen molar-refractivity contribution in [3.63, 3.8) is 0 Å². The number of nitrogens with zero attached hydrogens (tertiary/aromatic N) is 5. The molecule has 0 spiro atoms.